The van der Waals surface area contributed by atoms with Crippen LogP contribution in [0.4, 0.5) is 4.39 Å². The zero-order chi connectivity index (χ0) is 16.8. The highest BCUT2D eigenvalue weighted by atomic mass is 19.1. The Balaban J connectivity index is 1.86. The number of hydrogen-bond donors (Lipinski definition) is 1. The van der Waals surface area contributed by atoms with Crippen molar-refractivity contribution >= 4 is 11.9 Å². The van der Waals surface area contributed by atoms with E-state index in [2.05, 4.69) is 5.32 Å². The van der Waals surface area contributed by atoms with Gasteiger partial charge < -0.3 is 10.1 Å². The Bertz CT molecular complexity index is 701. The molecule has 0 bridgehead atoms. The fraction of sp³-hybridized carbons (Fsp3) is 0.222. The summed E-state index contributed by atoms with van der Waals surface area (Å²) in [5.41, 5.74) is 1.47. The second-order valence-electron chi connectivity index (χ2n) is 5.24. The first-order valence-corrected chi connectivity index (χ1v) is 7.25. The Kier molecular flexibility index (Phi) is 5.46. The van der Waals surface area contributed by atoms with Crippen LogP contribution in [-0.4, -0.2) is 18.5 Å². The SMILES string of the molecule is Cc1ccc(C(=O)OCC(=O)N[C@H](C)c2ccccc2)cc1F. The van der Waals surface area contributed by atoms with E-state index in [0.717, 1.165) is 11.6 Å². The molecule has 0 saturated carbocycles. The average Bonchev–Trinajstić information content (AvgIpc) is 2.56. The van der Waals surface area contributed by atoms with Crippen LogP contribution in [-0.2, 0) is 9.53 Å². The fourth-order valence-corrected chi connectivity index (χ4v) is 2.04. The zero-order valence-corrected chi connectivity index (χ0v) is 13.0. The van der Waals surface area contributed by atoms with E-state index in [9.17, 15) is 14.0 Å². The first-order chi connectivity index (χ1) is 11.0. The van der Waals surface area contributed by atoms with Crippen LogP contribution < -0.4 is 5.32 Å². The maximum absolute atomic E-state index is 13.4. The van der Waals surface area contributed by atoms with Crippen LogP contribution in [0.25, 0.3) is 0 Å². The summed E-state index contributed by atoms with van der Waals surface area (Å²) < 4.78 is 18.3. The van der Waals surface area contributed by atoms with Crippen molar-refractivity contribution in [3.63, 3.8) is 0 Å². The minimum atomic E-state index is -0.730. The fourth-order valence-electron chi connectivity index (χ4n) is 2.04. The van der Waals surface area contributed by atoms with Crippen molar-refractivity contribution in [1.29, 1.82) is 0 Å². The lowest BCUT2D eigenvalue weighted by Crippen LogP contribution is -2.31. The van der Waals surface area contributed by atoms with Crippen LogP contribution in [0.1, 0.15) is 34.5 Å². The summed E-state index contributed by atoms with van der Waals surface area (Å²) >= 11 is 0. The molecule has 2 aromatic rings. The van der Waals surface area contributed by atoms with E-state index in [0.29, 0.717) is 5.56 Å². The molecule has 0 unspecified atom stereocenters. The lowest BCUT2D eigenvalue weighted by atomic mass is 10.1. The molecule has 23 heavy (non-hydrogen) atoms. The first kappa shape index (κ1) is 16.7. The van der Waals surface area contributed by atoms with Gasteiger partial charge in [0.05, 0.1) is 11.6 Å². The minimum absolute atomic E-state index is 0.0806. The third-order valence-corrected chi connectivity index (χ3v) is 3.42. The molecule has 0 heterocycles. The van der Waals surface area contributed by atoms with E-state index in [-0.39, 0.29) is 11.6 Å². The Hall–Kier alpha value is -2.69. The lowest BCUT2D eigenvalue weighted by molar-refractivity contribution is -0.124. The van der Waals surface area contributed by atoms with Crippen molar-refractivity contribution in [2.45, 2.75) is 19.9 Å². The highest BCUT2D eigenvalue weighted by Gasteiger charge is 2.14. The molecule has 0 saturated heterocycles. The van der Waals surface area contributed by atoms with Crippen molar-refractivity contribution in [2.75, 3.05) is 6.61 Å². The van der Waals surface area contributed by atoms with Crippen molar-refractivity contribution in [3.8, 4) is 0 Å². The maximum atomic E-state index is 13.4. The second-order valence-corrected chi connectivity index (χ2v) is 5.24. The van der Waals surface area contributed by atoms with Gasteiger partial charge in [0.1, 0.15) is 5.82 Å². The summed E-state index contributed by atoms with van der Waals surface area (Å²) in [5, 5.41) is 2.73. The third-order valence-electron chi connectivity index (χ3n) is 3.42. The Labute approximate surface area is 134 Å². The van der Waals surface area contributed by atoms with Gasteiger partial charge in [-0.3, -0.25) is 4.79 Å². The molecular formula is C18H18FNO3. The number of hydrogen-bond acceptors (Lipinski definition) is 3. The number of benzene rings is 2. The molecular weight excluding hydrogens is 297 g/mol. The van der Waals surface area contributed by atoms with Crippen LogP contribution >= 0.6 is 0 Å². The largest absolute Gasteiger partial charge is 0.452 e. The van der Waals surface area contributed by atoms with Gasteiger partial charge in [0.2, 0.25) is 0 Å². The Morgan fingerprint density at radius 1 is 1.17 bits per heavy atom. The predicted molar refractivity (Wildman–Crippen MR) is 84.4 cm³/mol. The number of carbonyl (C=O) groups excluding carboxylic acids is 2. The van der Waals surface area contributed by atoms with E-state index in [1.165, 1.54) is 12.1 Å². The number of nitrogens with one attached hydrogen (secondary N) is 1. The molecule has 1 amide bonds. The lowest BCUT2D eigenvalue weighted by Gasteiger charge is -2.14. The van der Waals surface area contributed by atoms with E-state index in [1.54, 1.807) is 6.92 Å². The molecule has 0 aliphatic rings. The summed E-state index contributed by atoms with van der Waals surface area (Å²) in [6.07, 6.45) is 0. The van der Waals surface area contributed by atoms with Gasteiger partial charge in [-0.25, -0.2) is 9.18 Å². The summed E-state index contributed by atoms with van der Waals surface area (Å²) in [7, 11) is 0. The van der Waals surface area contributed by atoms with Crippen LogP contribution in [0.3, 0.4) is 0 Å². The molecule has 5 heteroatoms. The molecule has 0 aliphatic heterocycles. The quantitative estimate of drug-likeness (QED) is 0.862. The van der Waals surface area contributed by atoms with E-state index >= 15 is 0 Å². The van der Waals surface area contributed by atoms with Gasteiger partial charge in [-0.1, -0.05) is 36.4 Å². The van der Waals surface area contributed by atoms with Crippen molar-refractivity contribution in [3.05, 3.63) is 71.0 Å². The number of amides is 1. The standard InChI is InChI=1S/C18H18FNO3/c1-12-8-9-15(10-16(12)19)18(22)23-11-17(21)20-13(2)14-6-4-3-5-7-14/h3-10,13H,11H2,1-2H3,(H,20,21)/t13-/m1/s1. The summed E-state index contributed by atoms with van der Waals surface area (Å²) in [4.78, 5) is 23.6. The normalized spacial score (nSPS) is 11.6. The smallest absolute Gasteiger partial charge is 0.338 e. The predicted octanol–water partition coefficient (Wildman–Crippen LogP) is 3.17. The summed E-state index contributed by atoms with van der Waals surface area (Å²) in [6.45, 7) is 3.03. The molecule has 0 fully saturated rings. The first-order valence-electron chi connectivity index (χ1n) is 7.25. The van der Waals surface area contributed by atoms with Crippen molar-refractivity contribution < 1.29 is 18.7 Å². The van der Waals surface area contributed by atoms with Gasteiger partial charge in [0, 0.05) is 0 Å². The number of carbonyl (C=O) groups is 2. The van der Waals surface area contributed by atoms with E-state index < -0.39 is 24.3 Å². The highest BCUT2D eigenvalue weighted by Crippen LogP contribution is 2.12. The van der Waals surface area contributed by atoms with Gasteiger partial charge in [-0.15, -0.1) is 0 Å². The minimum Gasteiger partial charge on any atom is -0.452 e. The maximum Gasteiger partial charge on any atom is 0.338 e. The number of esters is 1. The van der Waals surface area contributed by atoms with Gasteiger partial charge in [0.15, 0.2) is 6.61 Å². The topological polar surface area (TPSA) is 55.4 Å². The van der Waals surface area contributed by atoms with Crippen LogP contribution in [0.5, 0.6) is 0 Å². The molecule has 1 N–H and O–H groups in total. The molecule has 120 valence electrons. The number of aryl methyl sites for hydroxylation is 1. The Morgan fingerprint density at radius 2 is 1.87 bits per heavy atom. The van der Waals surface area contributed by atoms with Gasteiger partial charge >= 0.3 is 5.97 Å². The molecule has 2 aromatic carbocycles. The van der Waals surface area contributed by atoms with E-state index in [1.807, 2.05) is 37.3 Å². The van der Waals surface area contributed by atoms with Crippen LogP contribution in [0.2, 0.25) is 0 Å². The zero-order valence-electron chi connectivity index (χ0n) is 13.0. The van der Waals surface area contributed by atoms with Gasteiger partial charge in [-0.05, 0) is 37.1 Å². The molecule has 0 spiro atoms. The van der Waals surface area contributed by atoms with E-state index in [4.69, 9.17) is 4.74 Å². The van der Waals surface area contributed by atoms with Crippen molar-refractivity contribution in [2.24, 2.45) is 0 Å². The number of ether oxygens (including phenoxy) is 1. The summed E-state index contributed by atoms with van der Waals surface area (Å²) in [5.74, 6) is -1.63. The molecule has 1 atom stereocenters. The molecule has 0 aliphatic carbocycles. The van der Waals surface area contributed by atoms with Crippen molar-refractivity contribution in [1.82, 2.24) is 5.32 Å². The third kappa shape index (κ3) is 4.64. The van der Waals surface area contributed by atoms with Gasteiger partial charge in [-0.2, -0.15) is 0 Å². The van der Waals surface area contributed by atoms with Gasteiger partial charge in [0.25, 0.3) is 5.91 Å². The average molecular weight is 315 g/mol. The molecule has 2 rings (SSSR count). The van der Waals surface area contributed by atoms with Crippen LogP contribution in [0.15, 0.2) is 48.5 Å². The second kappa shape index (κ2) is 7.54. The molecule has 0 aromatic heterocycles. The molecule has 4 nitrogen and oxygen atoms in total. The molecule has 0 radical (unpaired) electrons. The number of rotatable bonds is 5. The summed E-state index contributed by atoms with van der Waals surface area (Å²) in [6, 6.07) is 13.3. The van der Waals surface area contributed by atoms with Crippen LogP contribution in [0, 0.1) is 12.7 Å². The monoisotopic (exact) mass is 315 g/mol. The highest BCUT2D eigenvalue weighted by molar-refractivity contribution is 5.91. The number of halogens is 1. The Morgan fingerprint density at radius 3 is 2.52 bits per heavy atom.